The van der Waals surface area contributed by atoms with Crippen molar-refractivity contribution in [3.05, 3.63) is 35.4 Å². The molecule has 15 heavy (non-hydrogen) atoms. The van der Waals surface area contributed by atoms with Crippen LogP contribution in [0.2, 0.25) is 0 Å². The summed E-state index contributed by atoms with van der Waals surface area (Å²) in [6, 6.07) is 8.13. The van der Waals surface area contributed by atoms with Gasteiger partial charge in [0.25, 0.3) is 0 Å². The minimum Gasteiger partial charge on any atom is -0.325 e. The maximum Gasteiger partial charge on any atom is 0.0486 e. The zero-order chi connectivity index (χ0) is 11.5. The summed E-state index contributed by atoms with van der Waals surface area (Å²) in [5.74, 6) is 1.14. The van der Waals surface area contributed by atoms with Crippen LogP contribution in [0.25, 0.3) is 0 Å². The molecule has 1 aromatic carbocycles. The molecule has 0 heterocycles. The molecule has 3 heteroatoms. The number of hydrogen-bond donors (Lipinski definition) is 1. The molecule has 0 fully saturated rings. The van der Waals surface area contributed by atoms with Gasteiger partial charge in [-0.05, 0) is 26.3 Å². The van der Waals surface area contributed by atoms with Gasteiger partial charge in [-0.2, -0.15) is 0 Å². The molecule has 0 aliphatic rings. The van der Waals surface area contributed by atoms with Crippen molar-refractivity contribution in [3.8, 4) is 0 Å². The van der Waals surface area contributed by atoms with E-state index >= 15 is 0 Å². The Hall–Kier alpha value is -0.670. The molecule has 0 saturated heterocycles. The second-order valence-electron chi connectivity index (χ2n) is 4.70. The zero-order valence-electron chi connectivity index (χ0n) is 9.62. The first-order valence-electron chi connectivity index (χ1n) is 5.06. The third-order valence-corrected chi connectivity index (χ3v) is 3.70. The first-order valence-corrected chi connectivity index (χ1v) is 6.55. The zero-order valence-corrected chi connectivity index (χ0v) is 10.4. The van der Waals surface area contributed by atoms with Crippen molar-refractivity contribution >= 4 is 10.8 Å². The molecule has 2 N–H and O–H groups in total. The van der Waals surface area contributed by atoms with E-state index in [-0.39, 0.29) is 5.54 Å². The van der Waals surface area contributed by atoms with Crippen molar-refractivity contribution in [2.75, 3.05) is 5.75 Å². The van der Waals surface area contributed by atoms with Crippen molar-refractivity contribution in [2.24, 2.45) is 5.73 Å². The number of rotatable bonds is 4. The summed E-state index contributed by atoms with van der Waals surface area (Å²) in [6.45, 7) is 5.85. The Morgan fingerprint density at radius 3 is 2.27 bits per heavy atom. The van der Waals surface area contributed by atoms with Crippen molar-refractivity contribution in [1.82, 2.24) is 0 Å². The monoisotopic (exact) mass is 225 g/mol. The molecule has 0 bridgehead atoms. The topological polar surface area (TPSA) is 43.1 Å². The normalized spacial score (nSPS) is 13.9. The molecule has 0 radical (unpaired) electrons. The molecule has 84 valence electrons. The predicted octanol–water partition coefficient (Wildman–Crippen LogP) is 1.98. The molecule has 1 rings (SSSR count). The van der Waals surface area contributed by atoms with Gasteiger partial charge in [-0.25, -0.2) is 0 Å². The minimum atomic E-state index is -0.872. The molecule has 1 atom stereocenters. The number of nitrogens with two attached hydrogens (primary N) is 1. The third-order valence-electron chi connectivity index (χ3n) is 1.98. The molecule has 0 spiro atoms. The van der Waals surface area contributed by atoms with Crippen molar-refractivity contribution in [1.29, 1.82) is 0 Å². The fourth-order valence-corrected chi connectivity index (χ4v) is 2.83. The highest BCUT2D eigenvalue weighted by Crippen LogP contribution is 2.08. The van der Waals surface area contributed by atoms with Gasteiger partial charge in [0.05, 0.1) is 0 Å². The van der Waals surface area contributed by atoms with Crippen molar-refractivity contribution in [2.45, 2.75) is 32.1 Å². The first kappa shape index (κ1) is 12.4. The van der Waals surface area contributed by atoms with E-state index in [9.17, 15) is 4.21 Å². The Balaban J connectivity index is 2.55. The van der Waals surface area contributed by atoms with Gasteiger partial charge in [0.15, 0.2) is 0 Å². The van der Waals surface area contributed by atoms with Gasteiger partial charge in [0.1, 0.15) is 0 Å². The van der Waals surface area contributed by atoms with Crippen LogP contribution in [0.5, 0.6) is 0 Å². The van der Waals surface area contributed by atoms with Gasteiger partial charge in [0.2, 0.25) is 0 Å². The van der Waals surface area contributed by atoms with Crippen LogP contribution < -0.4 is 5.73 Å². The molecule has 2 nitrogen and oxygen atoms in total. The third kappa shape index (κ3) is 5.09. The number of benzene rings is 1. The Labute approximate surface area is 94.3 Å². The van der Waals surface area contributed by atoms with E-state index < -0.39 is 10.8 Å². The van der Waals surface area contributed by atoms with Crippen LogP contribution >= 0.6 is 0 Å². The SMILES string of the molecule is Cc1ccc(CS(=O)CC(C)(C)N)cc1. The molecule has 0 aliphatic heterocycles. The van der Waals surface area contributed by atoms with E-state index in [0.717, 1.165) is 5.56 Å². The Kier molecular flexibility index (Phi) is 4.05. The second-order valence-corrected chi connectivity index (χ2v) is 6.16. The van der Waals surface area contributed by atoms with E-state index in [1.54, 1.807) is 0 Å². The average Bonchev–Trinajstić information content (AvgIpc) is 2.05. The van der Waals surface area contributed by atoms with E-state index in [0.29, 0.717) is 11.5 Å². The minimum absolute atomic E-state index is 0.352. The first-order chi connectivity index (χ1) is 6.87. The van der Waals surface area contributed by atoms with Gasteiger partial charge in [0, 0.05) is 27.8 Å². The largest absolute Gasteiger partial charge is 0.325 e. The molecule has 1 aromatic rings. The standard InChI is InChI=1S/C12H19NOS/c1-10-4-6-11(7-5-10)8-15(14)9-12(2,3)13/h4-7H,8-9,13H2,1-3H3. The summed E-state index contributed by atoms with van der Waals surface area (Å²) in [6.07, 6.45) is 0. The van der Waals surface area contributed by atoms with Crippen LogP contribution in [-0.4, -0.2) is 15.5 Å². The van der Waals surface area contributed by atoms with Crippen LogP contribution in [0.15, 0.2) is 24.3 Å². The lowest BCUT2D eigenvalue weighted by molar-refractivity contribution is 0.577. The lowest BCUT2D eigenvalue weighted by atomic mass is 10.1. The fourth-order valence-electron chi connectivity index (χ4n) is 1.34. The highest BCUT2D eigenvalue weighted by atomic mass is 32.2. The smallest absolute Gasteiger partial charge is 0.0486 e. The molecule has 0 aliphatic carbocycles. The van der Waals surface area contributed by atoms with Crippen LogP contribution in [0, 0.1) is 6.92 Å². The van der Waals surface area contributed by atoms with Gasteiger partial charge >= 0.3 is 0 Å². The summed E-state index contributed by atoms with van der Waals surface area (Å²) in [5, 5.41) is 0. The fraction of sp³-hybridized carbons (Fsp3) is 0.500. The summed E-state index contributed by atoms with van der Waals surface area (Å²) in [7, 11) is -0.872. The van der Waals surface area contributed by atoms with E-state index in [4.69, 9.17) is 5.73 Å². The van der Waals surface area contributed by atoms with Gasteiger partial charge in [-0.1, -0.05) is 29.8 Å². The predicted molar refractivity (Wildman–Crippen MR) is 66.2 cm³/mol. The molecule has 0 saturated carbocycles. The number of aryl methyl sites for hydroxylation is 1. The molecule has 0 amide bonds. The van der Waals surface area contributed by atoms with Crippen molar-refractivity contribution in [3.63, 3.8) is 0 Å². The number of hydrogen-bond acceptors (Lipinski definition) is 2. The van der Waals surface area contributed by atoms with Gasteiger partial charge in [-0.15, -0.1) is 0 Å². The van der Waals surface area contributed by atoms with Crippen molar-refractivity contribution < 1.29 is 4.21 Å². The molecular formula is C12H19NOS. The lowest BCUT2D eigenvalue weighted by Crippen LogP contribution is -2.38. The Morgan fingerprint density at radius 2 is 1.80 bits per heavy atom. The van der Waals surface area contributed by atoms with Crippen LogP contribution in [0.1, 0.15) is 25.0 Å². The maximum atomic E-state index is 11.7. The van der Waals surface area contributed by atoms with Gasteiger partial charge in [-0.3, -0.25) is 4.21 Å². The van der Waals surface area contributed by atoms with Gasteiger partial charge < -0.3 is 5.73 Å². The Morgan fingerprint density at radius 1 is 1.27 bits per heavy atom. The summed E-state index contributed by atoms with van der Waals surface area (Å²) >= 11 is 0. The summed E-state index contributed by atoms with van der Waals surface area (Å²) in [5.41, 5.74) is 7.81. The lowest BCUT2D eigenvalue weighted by Gasteiger charge is -2.17. The average molecular weight is 225 g/mol. The van der Waals surface area contributed by atoms with Crippen LogP contribution in [0.4, 0.5) is 0 Å². The maximum absolute atomic E-state index is 11.7. The summed E-state index contributed by atoms with van der Waals surface area (Å²) < 4.78 is 11.7. The summed E-state index contributed by atoms with van der Waals surface area (Å²) in [4.78, 5) is 0. The molecule has 0 aromatic heterocycles. The van der Waals surface area contributed by atoms with E-state index in [2.05, 4.69) is 0 Å². The van der Waals surface area contributed by atoms with E-state index in [1.807, 2.05) is 45.0 Å². The second kappa shape index (κ2) is 4.90. The van der Waals surface area contributed by atoms with E-state index in [1.165, 1.54) is 5.56 Å². The molecular weight excluding hydrogens is 206 g/mol. The highest BCUT2D eigenvalue weighted by molar-refractivity contribution is 7.84. The molecule has 1 unspecified atom stereocenters. The van der Waals surface area contributed by atoms with Crippen LogP contribution in [-0.2, 0) is 16.6 Å². The quantitative estimate of drug-likeness (QED) is 0.851. The Bertz CT molecular complexity index is 338. The van der Waals surface area contributed by atoms with Crippen LogP contribution in [0.3, 0.4) is 0 Å². The highest BCUT2D eigenvalue weighted by Gasteiger charge is 2.15.